The molecule has 0 aliphatic carbocycles. The number of likely N-dealkylation sites (tertiary alicyclic amines) is 1. The topological polar surface area (TPSA) is 73.2 Å². The molecule has 0 bridgehead atoms. The molecule has 0 radical (unpaired) electrons. The highest BCUT2D eigenvalue weighted by atomic mass is 19.3. The van der Waals surface area contributed by atoms with E-state index in [0.29, 0.717) is 24.8 Å². The summed E-state index contributed by atoms with van der Waals surface area (Å²) in [5.41, 5.74) is 2.33. The number of alkyl halides is 2. The minimum absolute atomic E-state index is 0.175. The SMILES string of the molecule is CC.CCc1ccc(C2(C(=O)O)CCN(C(=O)CN(/N=C/C(F)F)C(C)=C(C)C)CC2)cc1. The Hall–Kier alpha value is -2.77. The Morgan fingerprint density at radius 3 is 2.12 bits per heavy atom. The molecular formula is C25H37F2N3O3. The number of nitrogens with zero attached hydrogens (tertiary/aromatic N) is 3. The summed E-state index contributed by atoms with van der Waals surface area (Å²) < 4.78 is 25.2. The van der Waals surface area contributed by atoms with Crippen LogP contribution in [0.2, 0.25) is 0 Å². The van der Waals surface area contributed by atoms with Crippen molar-refractivity contribution in [2.24, 2.45) is 5.10 Å². The van der Waals surface area contributed by atoms with Crippen molar-refractivity contribution in [2.75, 3.05) is 19.6 Å². The van der Waals surface area contributed by atoms with E-state index in [0.717, 1.165) is 23.1 Å². The van der Waals surface area contributed by atoms with Crippen molar-refractivity contribution in [1.82, 2.24) is 9.91 Å². The maximum Gasteiger partial charge on any atom is 0.314 e. The van der Waals surface area contributed by atoms with Crippen molar-refractivity contribution in [3.05, 3.63) is 46.7 Å². The molecule has 1 aromatic rings. The number of piperidine rings is 1. The Balaban J connectivity index is 0.00000265. The fraction of sp³-hybridized carbons (Fsp3) is 0.560. The Bertz CT molecular complexity index is 839. The number of carbonyl (C=O) groups excluding carboxylic acids is 1. The average Bonchev–Trinajstić information content (AvgIpc) is 2.82. The zero-order valence-corrected chi connectivity index (χ0v) is 20.6. The molecule has 0 unspecified atom stereocenters. The molecule has 1 N–H and O–H groups in total. The second-order valence-electron chi connectivity index (χ2n) is 8.06. The van der Waals surface area contributed by atoms with Gasteiger partial charge in [-0.3, -0.25) is 14.6 Å². The van der Waals surface area contributed by atoms with Crippen LogP contribution < -0.4 is 0 Å². The van der Waals surface area contributed by atoms with Crippen LogP contribution in [0.1, 0.15) is 65.5 Å². The van der Waals surface area contributed by atoms with Crippen LogP contribution in [-0.4, -0.2) is 59.2 Å². The molecule has 184 valence electrons. The first kappa shape index (κ1) is 28.3. The average molecular weight is 466 g/mol. The van der Waals surface area contributed by atoms with Gasteiger partial charge in [-0.05, 0) is 51.2 Å². The molecule has 0 saturated carbocycles. The molecule has 0 atom stereocenters. The summed E-state index contributed by atoms with van der Waals surface area (Å²) in [6.07, 6.45) is -0.750. The van der Waals surface area contributed by atoms with Crippen molar-refractivity contribution in [2.45, 2.75) is 72.6 Å². The van der Waals surface area contributed by atoms with Crippen LogP contribution in [0.25, 0.3) is 0 Å². The van der Waals surface area contributed by atoms with Crippen LogP contribution in [0.5, 0.6) is 0 Å². The molecule has 1 aliphatic heterocycles. The lowest BCUT2D eigenvalue weighted by atomic mass is 9.72. The van der Waals surface area contributed by atoms with Gasteiger partial charge < -0.3 is 10.0 Å². The van der Waals surface area contributed by atoms with Gasteiger partial charge in [0, 0.05) is 18.8 Å². The van der Waals surface area contributed by atoms with Crippen molar-refractivity contribution in [3.8, 4) is 0 Å². The van der Waals surface area contributed by atoms with Crippen molar-refractivity contribution < 1.29 is 23.5 Å². The van der Waals surface area contributed by atoms with Gasteiger partial charge in [0.15, 0.2) is 0 Å². The number of hydrogen-bond acceptors (Lipinski definition) is 4. The van der Waals surface area contributed by atoms with Gasteiger partial charge >= 0.3 is 5.97 Å². The first-order valence-corrected chi connectivity index (χ1v) is 11.4. The molecule has 2 rings (SSSR count). The van der Waals surface area contributed by atoms with E-state index in [9.17, 15) is 23.5 Å². The molecule has 0 aromatic heterocycles. The second-order valence-corrected chi connectivity index (χ2v) is 8.06. The highest BCUT2D eigenvalue weighted by Crippen LogP contribution is 2.36. The minimum Gasteiger partial charge on any atom is -0.481 e. The molecule has 8 heteroatoms. The molecule has 1 aromatic carbocycles. The summed E-state index contributed by atoms with van der Waals surface area (Å²) in [5, 5.41) is 15.0. The first-order valence-electron chi connectivity index (χ1n) is 11.4. The number of carboxylic acids is 1. The third kappa shape index (κ3) is 7.37. The van der Waals surface area contributed by atoms with Gasteiger partial charge in [0.05, 0.1) is 11.6 Å². The van der Waals surface area contributed by atoms with Crippen molar-refractivity contribution in [3.63, 3.8) is 0 Å². The van der Waals surface area contributed by atoms with E-state index in [1.807, 2.05) is 58.9 Å². The minimum atomic E-state index is -2.71. The van der Waals surface area contributed by atoms with Gasteiger partial charge in [0.1, 0.15) is 6.54 Å². The summed E-state index contributed by atoms with van der Waals surface area (Å²) in [6, 6.07) is 7.62. The summed E-state index contributed by atoms with van der Waals surface area (Å²) in [5.74, 6) is -1.17. The molecule has 1 amide bonds. The summed E-state index contributed by atoms with van der Waals surface area (Å²) in [6.45, 7) is 11.8. The maximum absolute atomic E-state index is 12.8. The Morgan fingerprint density at radius 2 is 1.70 bits per heavy atom. The van der Waals surface area contributed by atoms with E-state index in [1.165, 1.54) is 5.01 Å². The first-order chi connectivity index (χ1) is 15.6. The summed E-state index contributed by atoms with van der Waals surface area (Å²) in [4.78, 5) is 26.6. The van der Waals surface area contributed by atoms with E-state index in [1.54, 1.807) is 11.8 Å². The third-order valence-electron chi connectivity index (χ3n) is 6.01. The summed E-state index contributed by atoms with van der Waals surface area (Å²) in [7, 11) is 0. The highest BCUT2D eigenvalue weighted by Gasteiger charge is 2.44. The molecule has 1 aliphatic rings. The lowest BCUT2D eigenvalue weighted by Gasteiger charge is -2.39. The molecule has 1 heterocycles. The Labute approximate surface area is 196 Å². The van der Waals surface area contributed by atoms with Crippen LogP contribution in [0, 0.1) is 0 Å². The molecule has 1 saturated heterocycles. The number of allylic oxidation sites excluding steroid dienone is 2. The normalized spacial score (nSPS) is 15.1. The lowest BCUT2D eigenvalue weighted by Crippen LogP contribution is -2.50. The summed E-state index contributed by atoms with van der Waals surface area (Å²) >= 11 is 0. The number of aryl methyl sites for hydroxylation is 1. The monoisotopic (exact) mass is 465 g/mol. The number of hydrogen-bond donors (Lipinski definition) is 1. The van der Waals surface area contributed by atoms with Crippen LogP contribution in [0.3, 0.4) is 0 Å². The Kier molecular flexibility index (Phi) is 11.2. The third-order valence-corrected chi connectivity index (χ3v) is 6.01. The molecule has 1 fully saturated rings. The van der Waals surface area contributed by atoms with E-state index in [2.05, 4.69) is 5.10 Å². The fourth-order valence-electron chi connectivity index (χ4n) is 3.69. The van der Waals surface area contributed by atoms with Gasteiger partial charge in [-0.1, -0.05) is 50.6 Å². The number of benzene rings is 1. The van der Waals surface area contributed by atoms with Crippen LogP contribution in [-0.2, 0) is 21.4 Å². The number of carboxylic acid groups (broad SMARTS) is 1. The number of halogens is 2. The smallest absolute Gasteiger partial charge is 0.314 e. The second kappa shape index (κ2) is 13.1. The van der Waals surface area contributed by atoms with Crippen LogP contribution in [0.4, 0.5) is 8.78 Å². The zero-order valence-electron chi connectivity index (χ0n) is 20.6. The van der Waals surface area contributed by atoms with E-state index < -0.39 is 17.8 Å². The van der Waals surface area contributed by atoms with E-state index in [-0.39, 0.29) is 25.5 Å². The number of carbonyl (C=O) groups is 2. The van der Waals surface area contributed by atoms with Gasteiger partial charge in [-0.25, -0.2) is 8.78 Å². The number of rotatable bonds is 8. The van der Waals surface area contributed by atoms with Crippen LogP contribution >= 0.6 is 0 Å². The van der Waals surface area contributed by atoms with Crippen molar-refractivity contribution >= 4 is 18.1 Å². The van der Waals surface area contributed by atoms with Gasteiger partial charge in [-0.15, -0.1) is 0 Å². The largest absolute Gasteiger partial charge is 0.481 e. The molecule has 33 heavy (non-hydrogen) atoms. The Morgan fingerprint density at radius 1 is 1.15 bits per heavy atom. The van der Waals surface area contributed by atoms with E-state index in [4.69, 9.17) is 0 Å². The van der Waals surface area contributed by atoms with Gasteiger partial charge in [-0.2, -0.15) is 5.10 Å². The molecule has 0 spiro atoms. The number of hydrazone groups is 1. The quantitative estimate of drug-likeness (QED) is 0.429. The molecular weight excluding hydrogens is 428 g/mol. The molecule has 6 nitrogen and oxygen atoms in total. The maximum atomic E-state index is 12.8. The standard InChI is InChI=1S/C23H31F2N3O3.C2H6/c1-5-18-6-8-19(9-7-18)23(22(30)31)10-12-27(13-11-23)21(29)15-28(17(4)16(2)3)26-14-20(24)25;1-2/h6-9,14,20H,5,10-13,15H2,1-4H3,(H,30,31);1-2H3/b26-14+;. The predicted octanol–water partition coefficient (Wildman–Crippen LogP) is 5.09. The number of amides is 1. The number of aliphatic carboxylic acids is 1. The highest BCUT2D eigenvalue weighted by molar-refractivity contribution is 5.83. The van der Waals surface area contributed by atoms with Gasteiger partial charge in [0.2, 0.25) is 5.91 Å². The predicted molar refractivity (Wildman–Crippen MR) is 128 cm³/mol. The van der Waals surface area contributed by atoms with Crippen LogP contribution in [0.15, 0.2) is 40.6 Å². The van der Waals surface area contributed by atoms with Gasteiger partial charge in [0.25, 0.3) is 6.43 Å². The zero-order chi connectivity index (χ0) is 25.2. The van der Waals surface area contributed by atoms with E-state index >= 15 is 0 Å². The fourth-order valence-corrected chi connectivity index (χ4v) is 3.69. The van der Waals surface area contributed by atoms with Crippen molar-refractivity contribution in [1.29, 1.82) is 0 Å². The lowest BCUT2D eigenvalue weighted by molar-refractivity contribution is -0.148.